The molecule has 2 bridgehead atoms. The number of likely N-dealkylation sites (tertiary alicyclic amines) is 1. The normalized spacial score (nSPS) is 25.2. The van der Waals surface area contributed by atoms with E-state index < -0.39 is 11.9 Å². The molecule has 1 fully saturated rings. The predicted octanol–water partition coefficient (Wildman–Crippen LogP) is 3.82. The minimum atomic E-state index is -1.08. The van der Waals surface area contributed by atoms with Crippen molar-refractivity contribution in [2.24, 2.45) is 5.92 Å². The number of hydrogen-bond acceptors (Lipinski definition) is 4. The average molecular weight is 404 g/mol. The molecule has 0 spiro atoms. The van der Waals surface area contributed by atoms with E-state index in [0.717, 1.165) is 19.5 Å². The summed E-state index contributed by atoms with van der Waals surface area (Å²) in [6, 6.07) is 6.60. The molecule has 0 radical (unpaired) electrons. The van der Waals surface area contributed by atoms with Crippen LogP contribution < -0.4 is 0 Å². The Bertz CT molecular complexity index is 769. The van der Waals surface area contributed by atoms with Gasteiger partial charge in [-0.1, -0.05) is 31.6 Å². The highest BCUT2D eigenvalue weighted by Crippen LogP contribution is 2.49. The van der Waals surface area contributed by atoms with Crippen LogP contribution in [0, 0.1) is 5.92 Å². The zero-order valence-corrected chi connectivity index (χ0v) is 17.8. The van der Waals surface area contributed by atoms with Crippen molar-refractivity contribution >= 4 is 11.9 Å². The molecule has 0 aromatic heterocycles. The standard InChI is InChI=1S/C19H27NO.C4H6O4/c1-13(2)7-9-20-10-8-19(4)14(3)18(20)11-15-5-6-16(21)12-17(15)19;5-3(6)1-2-4(7)8/h5-7,12,14,18,21H,8-11H2,1-4H3;1-2H2,(H,5,6)(H,7,8). The topological polar surface area (TPSA) is 98.1 Å². The molecule has 1 aromatic carbocycles. The molecule has 0 amide bonds. The molecule has 0 saturated carbocycles. The molecular formula is C23H33NO5. The molecule has 3 rings (SSSR count). The number of allylic oxidation sites excluding steroid dienone is 1. The molecule has 160 valence electrons. The molecule has 3 N–H and O–H groups in total. The van der Waals surface area contributed by atoms with Crippen molar-refractivity contribution in [3.63, 3.8) is 0 Å². The lowest BCUT2D eigenvalue weighted by Gasteiger charge is -2.54. The zero-order chi connectivity index (χ0) is 21.8. The second-order valence-electron chi connectivity index (χ2n) is 8.63. The molecule has 1 aromatic rings. The molecule has 29 heavy (non-hydrogen) atoms. The van der Waals surface area contributed by atoms with Crippen LogP contribution in [0.25, 0.3) is 0 Å². The number of carbonyl (C=O) groups is 2. The molecule has 1 aliphatic carbocycles. The lowest BCUT2D eigenvalue weighted by atomic mass is 9.59. The number of piperidine rings is 1. The van der Waals surface area contributed by atoms with Crippen LogP contribution in [0.2, 0.25) is 0 Å². The maximum Gasteiger partial charge on any atom is 0.303 e. The Morgan fingerprint density at radius 1 is 1.21 bits per heavy atom. The summed E-state index contributed by atoms with van der Waals surface area (Å²) in [5.74, 6) is -1.11. The lowest BCUT2D eigenvalue weighted by Crippen LogP contribution is -2.57. The van der Waals surface area contributed by atoms with Gasteiger partial charge in [-0.2, -0.15) is 0 Å². The van der Waals surface area contributed by atoms with Crippen LogP contribution in [0.5, 0.6) is 5.75 Å². The highest BCUT2D eigenvalue weighted by molar-refractivity contribution is 5.75. The maximum absolute atomic E-state index is 9.87. The van der Waals surface area contributed by atoms with Crippen LogP contribution in [0.3, 0.4) is 0 Å². The maximum atomic E-state index is 9.87. The van der Waals surface area contributed by atoms with Gasteiger partial charge < -0.3 is 15.3 Å². The van der Waals surface area contributed by atoms with E-state index in [1.807, 2.05) is 12.1 Å². The minimum absolute atomic E-state index is 0.207. The van der Waals surface area contributed by atoms with Crippen LogP contribution in [0.1, 0.15) is 58.1 Å². The molecular weight excluding hydrogens is 370 g/mol. The zero-order valence-electron chi connectivity index (χ0n) is 17.8. The summed E-state index contributed by atoms with van der Waals surface area (Å²) in [5, 5.41) is 25.7. The van der Waals surface area contributed by atoms with E-state index in [1.165, 1.54) is 23.1 Å². The Kier molecular flexibility index (Phi) is 7.47. The van der Waals surface area contributed by atoms with E-state index in [9.17, 15) is 14.7 Å². The van der Waals surface area contributed by atoms with Gasteiger partial charge in [-0.15, -0.1) is 0 Å². The fraction of sp³-hybridized carbons (Fsp3) is 0.565. The third-order valence-corrected chi connectivity index (χ3v) is 6.39. The molecule has 3 unspecified atom stereocenters. The number of carboxylic acids is 2. The number of rotatable bonds is 5. The third-order valence-electron chi connectivity index (χ3n) is 6.39. The summed E-state index contributed by atoms with van der Waals surface area (Å²) < 4.78 is 0. The van der Waals surface area contributed by atoms with Crippen molar-refractivity contribution in [1.82, 2.24) is 4.90 Å². The molecule has 1 aliphatic heterocycles. The number of aliphatic carboxylic acids is 2. The second kappa shape index (κ2) is 9.44. The van der Waals surface area contributed by atoms with E-state index >= 15 is 0 Å². The number of aromatic hydroxyl groups is 1. The Morgan fingerprint density at radius 2 is 1.83 bits per heavy atom. The molecule has 6 heteroatoms. The number of phenols is 1. The monoisotopic (exact) mass is 403 g/mol. The first-order valence-corrected chi connectivity index (χ1v) is 10.2. The fourth-order valence-corrected chi connectivity index (χ4v) is 4.44. The van der Waals surface area contributed by atoms with Crippen LogP contribution in [-0.4, -0.2) is 51.3 Å². The van der Waals surface area contributed by atoms with Gasteiger partial charge in [0.05, 0.1) is 12.8 Å². The number of benzene rings is 1. The Morgan fingerprint density at radius 3 is 2.38 bits per heavy atom. The lowest BCUT2D eigenvalue weighted by molar-refractivity contribution is -0.143. The van der Waals surface area contributed by atoms with Gasteiger partial charge in [0.25, 0.3) is 0 Å². The Balaban J connectivity index is 0.000000321. The van der Waals surface area contributed by atoms with Gasteiger partial charge in [0.1, 0.15) is 5.75 Å². The second-order valence-corrected chi connectivity index (χ2v) is 8.63. The van der Waals surface area contributed by atoms with Gasteiger partial charge in [0, 0.05) is 12.6 Å². The molecule has 6 nitrogen and oxygen atoms in total. The van der Waals surface area contributed by atoms with Gasteiger partial charge in [0.2, 0.25) is 0 Å². The SMILES string of the molecule is CC(C)=CCN1CCC2(C)c3cc(O)ccc3CC1C2C.O=C(O)CCC(=O)O. The van der Waals surface area contributed by atoms with E-state index in [-0.39, 0.29) is 18.3 Å². The van der Waals surface area contributed by atoms with Crippen LogP contribution in [0.4, 0.5) is 0 Å². The van der Waals surface area contributed by atoms with Gasteiger partial charge >= 0.3 is 11.9 Å². The van der Waals surface area contributed by atoms with Gasteiger partial charge in [-0.25, -0.2) is 0 Å². The van der Waals surface area contributed by atoms with Gasteiger partial charge in [0.15, 0.2) is 0 Å². The summed E-state index contributed by atoms with van der Waals surface area (Å²) in [5.41, 5.74) is 4.42. The van der Waals surface area contributed by atoms with Crippen molar-refractivity contribution in [3.8, 4) is 5.75 Å². The van der Waals surface area contributed by atoms with Crippen molar-refractivity contribution in [2.75, 3.05) is 13.1 Å². The summed E-state index contributed by atoms with van der Waals surface area (Å²) in [6.07, 6.45) is 4.05. The Hall–Kier alpha value is -2.34. The van der Waals surface area contributed by atoms with E-state index in [2.05, 4.69) is 44.7 Å². The first-order valence-electron chi connectivity index (χ1n) is 10.2. The first-order chi connectivity index (χ1) is 13.5. The largest absolute Gasteiger partial charge is 0.508 e. The summed E-state index contributed by atoms with van der Waals surface area (Å²) in [6.45, 7) is 11.4. The van der Waals surface area contributed by atoms with Crippen molar-refractivity contribution < 1.29 is 24.9 Å². The third kappa shape index (κ3) is 5.60. The van der Waals surface area contributed by atoms with Gasteiger partial charge in [-0.05, 0) is 67.8 Å². The number of hydrogen-bond donors (Lipinski definition) is 3. The summed E-state index contributed by atoms with van der Waals surface area (Å²) in [7, 11) is 0. The van der Waals surface area contributed by atoms with E-state index in [1.54, 1.807) is 0 Å². The smallest absolute Gasteiger partial charge is 0.303 e. The average Bonchev–Trinajstić information content (AvgIpc) is 2.63. The predicted molar refractivity (Wildman–Crippen MR) is 112 cm³/mol. The quantitative estimate of drug-likeness (QED) is 0.647. The van der Waals surface area contributed by atoms with E-state index in [4.69, 9.17) is 10.2 Å². The van der Waals surface area contributed by atoms with Crippen molar-refractivity contribution in [1.29, 1.82) is 0 Å². The number of fused-ring (bicyclic) bond motifs is 4. The van der Waals surface area contributed by atoms with Crippen LogP contribution >= 0.6 is 0 Å². The van der Waals surface area contributed by atoms with E-state index in [0.29, 0.717) is 17.7 Å². The highest BCUT2D eigenvalue weighted by Gasteiger charge is 2.48. The number of phenolic OH excluding ortho intramolecular Hbond substituents is 1. The van der Waals surface area contributed by atoms with Crippen LogP contribution in [-0.2, 0) is 21.4 Å². The van der Waals surface area contributed by atoms with Crippen molar-refractivity contribution in [3.05, 3.63) is 41.0 Å². The van der Waals surface area contributed by atoms with Gasteiger partial charge in [-0.3, -0.25) is 14.5 Å². The Labute approximate surface area is 172 Å². The first kappa shape index (κ1) is 22.9. The highest BCUT2D eigenvalue weighted by atomic mass is 16.4. The number of nitrogens with zero attached hydrogens (tertiary/aromatic N) is 1. The summed E-state index contributed by atoms with van der Waals surface area (Å²) in [4.78, 5) is 21.9. The summed E-state index contributed by atoms with van der Waals surface area (Å²) >= 11 is 0. The fourth-order valence-electron chi connectivity index (χ4n) is 4.44. The number of carboxylic acid groups (broad SMARTS) is 2. The van der Waals surface area contributed by atoms with Crippen LogP contribution in [0.15, 0.2) is 29.8 Å². The molecule has 3 atom stereocenters. The molecule has 1 saturated heterocycles. The molecule has 2 aliphatic rings. The molecule has 1 heterocycles. The minimum Gasteiger partial charge on any atom is -0.508 e. The van der Waals surface area contributed by atoms with Crippen molar-refractivity contribution in [2.45, 2.75) is 64.8 Å².